The molecule has 3 unspecified atom stereocenters. The Hall–Kier alpha value is -3.21. The van der Waals surface area contributed by atoms with Gasteiger partial charge in [0.15, 0.2) is 0 Å². The highest BCUT2D eigenvalue weighted by atomic mass is 79.9. The van der Waals surface area contributed by atoms with Crippen molar-refractivity contribution in [1.82, 2.24) is 4.90 Å². The molecule has 0 aliphatic carbocycles. The van der Waals surface area contributed by atoms with E-state index in [9.17, 15) is 24.6 Å². The number of anilines is 2. The van der Waals surface area contributed by atoms with E-state index < -0.39 is 60.0 Å². The molecule has 10 heteroatoms. The first-order chi connectivity index (χ1) is 19.7. The molecule has 3 heterocycles. The van der Waals surface area contributed by atoms with Crippen molar-refractivity contribution in [3.63, 3.8) is 0 Å². The number of aliphatic hydroxyl groups excluding tert-OH is 1. The molecule has 5 rings (SSSR count). The van der Waals surface area contributed by atoms with Gasteiger partial charge < -0.3 is 29.6 Å². The van der Waals surface area contributed by atoms with Gasteiger partial charge in [0.1, 0.15) is 11.6 Å². The molecule has 3 saturated heterocycles. The number of amides is 2. The van der Waals surface area contributed by atoms with Crippen LogP contribution in [-0.4, -0.2) is 81.7 Å². The van der Waals surface area contributed by atoms with Crippen molar-refractivity contribution in [2.24, 2.45) is 11.8 Å². The number of carbonyl (C=O) groups excluding carboxylic acids is 2. The van der Waals surface area contributed by atoms with Crippen LogP contribution in [-0.2, 0) is 19.1 Å². The lowest BCUT2D eigenvalue weighted by molar-refractivity contribution is -0.151. The van der Waals surface area contributed by atoms with Crippen molar-refractivity contribution in [2.45, 2.75) is 48.9 Å². The molecular formula is C31H36BrN3O6. The fourth-order valence-electron chi connectivity index (χ4n) is 7.03. The second kappa shape index (κ2) is 11.6. The minimum atomic E-state index is -1.36. The molecule has 1 spiro atoms. The lowest BCUT2D eigenvalue weighted by atomic mass is 9.70. The number of benzene rings is 2. The Kier molecular flexibility index (Phi) is 8.27. The van der Waals surface area contributed by atoms with Gasteiger partial charge in [-0.25, -0.2) is 0 Å². The summed E-state index contributed by atoms with van der Waals surface area (Å²) in [5.41, 5.74) is 0.928. The number of hydrogen-bond donors (Lipinski definition) is 2. The van der Waals surface area contributed by atoms with Crippen LogP contribution >= 0.6 is 15.9 Å². The Morgan fingerprint density at radius 3 is 2.34 bits per heavy atom. The first-order valence-electron chi connectivity index (χ1n) is 14.0. The number of ether oxygens (including phenoxy) is 1. The van der Waals surface area contributed by atoms with E-state index in [2.05, 4.69) is 41.3 Å². The average molecular weight is 627 g/mol. The van der Waals surface area contributed by atoms with Crippen LogP contribution in [0, 0.1) is 11.8 Å². The fourth-order valence-corrected chi connectivity index (χ4v) is 7.97. The number of carboxylic acid groups (broad SMARTS) is 1. The van der Waals surface area contributed by atoms with Gasteiger partial charge in [-0.05, 0) is 50.1 Å². The molecule has 2 N–H and O–H groups in total. The molecule has 3 aliphatic rings. The summed E-state index contributed by atoms with van der Waals surface area (Å²) in [5, 5.41) is 20.8. The quantitative estimate of drug-likeness (QED) is 0.290. The van der Waals surface area contributed by atoms with Gasteiger partial charge in [-0.15, -0.1) is 6.58 Å². The number of carboxylic acids is 1. The topological polar surface area (TPSA) is 111 Å². The number of aliphatic carboxylic acids is 1. The summed E-state index contributed by atoms with van der Waals surface area (Å²) in [7, 11) is 0. The maximum Gasteiger partial charge on any atom is 0.310 e. The minimum Gasteiger partial charge on any atom is -0.481 e. The molecule has 218 valence electrons. The summed E-state index contributed by atoms with van der Waals surface area (Å²) >= 11 is 3.59. The van der Waals surface area contributed by atoms with Crippen molar-refractivity contribution in [2.75, 3.05) is 36.0 Å². The average Bonchev–Trinajstić information content (AvgIpc) is 3.57. The SMILES string of the molecule is C=CCN(C(=O)C1N([C@H](CO)c2ccccc2)C(=O)[C@@H]2[C@@H](C(=O)O)[C@@H]3OC12CC3Br)c1ccc(N(CC)CC)cc1. The van der Waals surface area contributed by atoms with Gasteiger partial charge in [0.05, 0.1) is 30.6 Å². The number of carbonyl (C=O) groups is 3. The molecule has 7 atom stereocenters. The Balaban J connectivity index is 1.62. The molecule has 0 aromatic heterocycles. The smallest absolute Gasteiger partial charge is 0.310 e. The Labute approximate surface area is 248 Å². The third-order valence-corrected chi connectivity index (χ3v) is 9.65. The van der Waals surface area contributed by atoms with Crippen LogP contribution in [0.4, 0.5) is 11.4 Å². The molecular weight excluding hydrogens is 590 g/mol. The van der Waals surface area contributed by atoms with Crippen molar-refractivity contribution in [3.8, 4) is 0 Å². The van der Waals surface area contributed by atoms with Crippen LogP contribution < -0.4 is 9.80 Å². The van der Waals surface area contributed by atoms with Gasteiger partial charge in [-0.2, -0.15) is 0 Å². The number of fused-ring (bicyclic) bond motifs is 1. The number of rotatable bonds is 11. The van der Waals surface area contributed by atoms with E-state index in [0.717, 1.165) is 18.8 Å². The first kappa shape index (κ1) is 29.3. The number of alkyl halides is 1. The lowest BCUT2D eigenvalue weighted by Crippen LogP contribution is -2.57. The molecule has 41 heavy (non-hydrogen) atoms. The first-order valence-corrected chi connectivity index (χ1v) is 15.0. The van der Waals surface area contributed by atoms with Gasteiger partial charge in [0.2, 0.25) is 5.91 Å². The second-order valence-electron chi connectivity index (χ2n) is 10.8. The van der Waals surface area contributed by atoms with E-state index in [1.165, 1.54) is 4.90 Å². The van der Waals surface area contributed by atoms with E-state index in [0.29, 0.717) is 17.7 Å². The zero-order valence-corrected chi connectivity index (χ0v) is 24.8. The van der Waals surface area contributed by atoms with Crippen LogP contribution in [0.2, 0.25) is 0 Å². The maximum atomic E-state index is 14.7. The largest absolute Gasteiger partial charge is 0.481 e. The standard InChI is InChI=1S/C31H36BrN3O6/c1-4-16-34(21-14-12-20(13-15-21)33(5-2)6-3)29(38)27-31-17-22(32)26(41-31)24(30(39)40)25(31)28(37)35(27)23(18-36)19-10-8-7-9-11-19/h4,7-15,22-27,36H,1,5-6,16-18H2,2-3H3,(H,39,40)/t22?,23-,24-,25+,26-,27?,31?/m1/s1. The number of likely N-dealkylation sites (tertiary alicyclic amines) is 1. The molecule has 2 bridgehead atoms. The number of halogens is 1. The Morgan fingerprint density at radius 1 is 1.15 bits per heavy atom. The van der Waals surface area contributed by atoms with Crippen LogP contribution in [0.1, 0.15) is 31.9 Å². The summed E-state index contributed by atoms with van der Waals surface area (Å²) in [5.74, 6) is -4.20. The van der Waals surface area contributed by atoms with Crippen molar-refractivity contribution >= 4 is 45.1 Å². The second-order valence-corrected chi connectivity index (χ2v) is 12.0. The predicted molar refractivity (Wildman–Crippen MR) is 159 cm³/mol. The fraction of sp³-hybridized carbons (Fsp3) is 0.452. The maximum absolute atomic E-state index is 14.7. The van der Waals surface area contributed by atoms with Gasteiger partial charge in [-0.1, -0.05) is 52.3 Å². The summed E-state index contributed by atoms with van der Waals surface area (Å²) < 4.78 is 6.43. The van der Waals surface area contributed by atoms with Gasteiger partial charge in [-0.3, -0.25) is 14.4 Å². The van der Waals surface area contributed by atoms with Crippen molar-refractivity contribution in [1.29, 1.82) is 0 Å². The molecule has 2 amide bonds. The van der Waals surface area contributed by atoms with Crippen molar-refractivity contribution < 1.29 is 29.3 Å². The third-order valence-electron chi connectivity index (χ3n) is 8.81. The van der Waals surface area contributed by atoms with Crippen LogP contribution in [0.15, 0.2) is 67.3 Å². The van der Waals surface area contributed by atoms with Crippen LogP contribution in [0.25, 0.3) is 0 Å². The highest BCUT2D eigenvalue weighted by Crippen LogP contribution is 2.61. The molecule has 2 aromatic carbocycles. The van der Waals surface area contributed by atoms with Crippen LogP contribution in [0.3, 0.4) is 0 Å². The Bertz CT molecular complexity index is 1300. The molecule has 3 aliphatic heterocycles. The highest BCUT2D eigenvalue weighted by molar-refractivity contribution is 9.09. The molecule has 3 fully saturated rings. The third kappa shape index (κ3) is 4.66. The van der Waals surface area contributed by atoms with Crippen molar-refractivity contribution in [3.05, 3.63) is 72.8 Å². The molecule has 9 nitrogen and oxygen atoms in total. The normalized spacial score (nSPS) is 28.8. The van der Waals surface area contributed by atoms with E-state index in [4.69, 9.17) is 4.74 Å². The summed E-state index contributed by atoms with van der Waals surface area (Å²) in [6, 6.07) is 14.6. The van der Waals surface area contributed by atoms with Gasteiger partial charge >= 0.3 is 5.97 Å². The number of aliphatic hydroxyl groups is 1. The minimum absolute atomic E-state index is 0.168. The van der Waals surface area contributed by atoms with E-state index >= 15 is 0 Å². The van der Waals surface area contributed by atoms with E-state index in [-0.39, 0.29) is 11.4 Å². The van der Waals surface area contributed by atoms with Gasteiger partial charge in [0.25, 0.3) is 5.91 Å². The molecule has 0 saturated carbocycles. The van der Waals surface area contributed by atoms with Gasteiger partial charge in [0, 0.05) is 35.8 Å². The Morgan fingerprint density at radius 2 is 1.78 bits per heavy atom. The monoisotopic (exact) mass is 625 g/mol. The summed E-state index contributed by atoms with van der Waals surface area (Å²) in [6.07, 6.45) is 1.16. The van der Waals surface area contributed by atoms with Crippen LogP contribution in [0.5, 0.6) is 0 Å². The number of hydrogen-bond acceptors (Lipinski definition) is 6. The summed E-state index contributed by atoms with van der Waals surface area (Å²) in [6.45, 7) is 9.42. The van der Waals surface area contributed by atoms with E-state index in [1.54, 1.807) is 35.2 Å². The zero-order chi connectivity index (χ0) is 29.5. The highest BCUT2D eigenvalue weighted by Gasteiger charge is 2.77. The molecule has 2 aromatic rings. The lowest BCUT2D eigenvalue weighted by Gasteiger charge is -2.39. The molecule has 0 radical (unpaired) electrons. The van der Waals surface area contributed by atoms with E-state index in [1.807, 2.05) is 30.3 Å². The predicted octanol–water partition coefficient (Wildman–Crippen LogP) is 3.62. The number of nitrogens with zero attached hydrogens (tertiary/aromatic N) is 3. The summed E-state index contributed by atoms with van der Waals surface area (Å²) in [4.78, 5) is 46.3. The zero-order valence-electron chi connectivity index (χ0n) is 23.2.